The van der Waals surface area contributed by atoms with Crippen LogP contribution in [0.25, 0.3) is 0 Å². The molecule has 0 saturated carbocycles. The van der Waals surface area contributed by atoms with Crippen molar-refractivity contribution in [2.24, 2.45) is 5.92 Å². The van der Waals surface area contributed by atoms with E-state index in [1.165, 1.54) is 31.2 Å². The lowest BCUT2D eigenvalue weighted by atomic mass is 10.0. The van der Waals surface area contributed by atoms with Crippen molar-refractivity contribution in [3.63, 3.8) is 0 Å². The Hall–Kier alpha value is -0.530. The number of aryl methyl sites for hydroxylation is 2. The van der Waals surface area contributed by atoms with E-state index in [0.717, 1.165) is 31.3 Å². The van der Waals surface area contributed by atoms with Gasteiger partial charge in [-0.25, -0.2) is 0 Å². The lowest BCUT2D eigenvalue weighted by Crippen LogP contribution is -2.22. The van der Waals surface area contributed by atoms with Gasteiger partial charge in [0.1, 0.15) is 0 Å². The second-order valence-electron chi connectivity index (χ2n) is 5.34. The average Bonchev–Trinajstić information content (AvgIpc) is 2.85. The zero-order chi connectivity index (χ0) is 12.8. The van der Waals surface area contributed by atoms with Crippen molar-refractivity contribution >= 4 is 11.6 Å². The summed E-state index contributed by atoms with van der Waals surface area (Å²) in [5, 5.41) is 3.57. The van der Waals surface area contributed by atoms with Crippen molar-refractivity contribution in [2.45, 2.75) is 45.6 Å². The molecule has 1 unspecified atom stereocenters. The monoisotopic (exact) mass is 265 g/mol. The summed E-state index contributed by atoms with van der Waals surface area (Å²) in [5.74, 6) is 1.50. The highest BCUT2D eigenvalue weighted by atomic mass is 35.5. The fourth-order valence-corrected chi connectivity index (χ4v) is 3.07. The topological polar surface area (TPSA) is 12.0 Å². The molecule has 0 saturated heterocycles. The lowest BCUT2D eigenvalue weighted by molar-refractivity contribution is 0.451. The highest BCUT2D eigenvalue weighted by Gasteiger charge is 2.10. The van der Waals surface area contributed by atoms with Gasteiger partial charge in [-0.3, -0.25) is 0 Å². The minimum Gasteiger partial charge on any atom is -0.312 e. The molecule has 0 fully saturated rings. The normalized spacial score (nSPS) is 15.7. The maximum absolute atomic E-state index is 5.81. The molecule has 1 nitrogen and oxygen atoms in total. The summed E-state index contributed by atoms with van der Waals surface area (Å²) in [7, 11) is 0. The van der Waals surface area contributed by atoms with E-state index in [0.29, 0.717) is 0 Å². The third-order valence-corrected chi connectivity index (χ3v) is 4.24. The van der Waals surface area contributed by atoms with E-state index in [4.69, 9.17) is 11.6 Å². The maximum Gasteiger partial charge on any atom is 0.0226 e. The number of hydrogen-bond acceptors (Lipinski definition) is 1. The van der Waals surface area contributed by atoms with Crippen LogP contribution in [0.15, 0.2) is 18.2 Å². The van der Waals surface area contributed by atoms with Crippen LogP contribution >= 0.6 is 11.6 Å². The minimum atomic E-state index is 0.719. The van der Waals surface area contributed by atoms with Gasteiger partial charge in [-0.1, -0.05) is 31.5 Å². The number of benzene rings is 1. The van der Waals surface area contributed by atoms with E-state index in [-0.39, 0.29) is 0 Å². The van der Waals surface area contributed by atoms with Crippen LogP contribution in [-0.4, -0.2) is 12.4 Å². The molecule has 0 spiro atoms. The molecule has 0 bridgehead atoms. The van der Waals surface area contributed by atoms with Crippen LogP contribution in [-0.2, 0) is 19.4 Å². The quantitative estimate of drug-likeness (QED) is 0.737. The number of hydrogen-bond donors (Lipinski definition) is 1. The summed E-state index contributed by atoms with van der Waals surface area (Å²) in [6.07, 6.45) is 6.21. The van der Waals surface area contributed by atoms with Gasteiger partial charge in [-0.2, -0.15) is 0 Å². The van der Waals surface area contributed by atoms with Crippen LogP contribution in [0, 0.1) is 5.92 Å². The van der Waals surface area contributed by atoms with Crippen LogP contribution in [0.5, 0.6) is 0 Å². The molecule has 0 amide bonds. The molecular weight excluding hydrogens is 242 g/mol. The van der Waals surface area contributed by atoms with E-state index in [1.54, 1.807) is 11.1 Å². The number of nitrogens with one attached hydrogen (secondary N) is 1. The maximum atomic E-state index is 5.81. The van der Waals surface area contributed by atoms with Crippen molar-refractivity contribution in [3.8, 4) is 0 Å². The minimum absolute atomic E-state index is 0.719. The molecule has 0 radical (unpaired) electrons. The Bertz CT molecular complexity index is 375. The van der Waals surface area contributed by atoms with E-state index >= 15 is 0 Å². The molecule has 1 aromatic rings. The fraction of sp³-hybridized carbons (Fsp3) is 0.625. The zero-order valence-electron chi connectivity index (χ0n) is 11.3. The van der Waals surface area contributed by atoms with Crippen LogP contribution in [0.3, 0.4) is 0 Å². The Morgan fingerprint density at radius 1 is 1.28 bits per heavy atom. The molecule has 0 heterocycles. The van der Waals surface area contributed by atoms with Crippen molar-refractivity contribution in [3.05, 3.63) is 34.9 Å². The molecule has 0 aromatic heterocycles. The summed E-state index contributed by atoms with van der Waals surface area (Å²) in [5.41, 5.74) is 4.56. The van der Waals surface area contributed by atoms with Crippen LogP contribution < -0.4 is 5.32 Å². The second-order valence-corrected chi connectivity index (χ2v) is 5.72. The Morgan fingerprint density at radius 3 is 2.89 bits per heavy atom. The summed E-state index contributed by atoms with van der Waals surface area (Å²) in [6, 6.07) is 6.98. The first-order chi connectivity index (χ1) is 8.83. The molecule has 1 N–H and O–H groups in total. The van der Waals surface area contributed by atoms with Crippen molar-refractivity contribution in [1.82, 2.24) is 5.32 Å². The Labute approximate surface area is 116 Å². The molecule has 1 aromatic carbocycles. The number of fused-ring (bicyclic) bond motifs is 1. The SMILES string of the molecule is CCC(CCCl)CNCc1ccc2c(c1)CCC2. The standard InChI is InChI=1S/C16H24ClN/c1-2-13(8-9-17)11-18-12-14-6-7-15-4-3-5-16(15)10-14/h6-7,10,13,18H,2-5,8-9,11-12H2,1H3. The second kappa shape index (κ2) is 7.16. The number of alkyl halides is 1. The van der Waals surface area contributed by atoms with Gasteiger partial charge in [0.15, 0.2) is 0 Å². The average molecular weight is 266 g/mol. The molecule has 2 heteroatoms. The van der Waals surface area contributed by atoms with E-state index in [9.17, 15) is 0 Å². The van der Waals surface area contributed by atoms with Crippen LogP contribution in [0.4, 0.5) is 0 Å². The molecular formula is C16H24ClN. The molecule has 0 aliphatic heterocycles. The smallest absolute Gasteiger partial charge is 0.0226 e. The molecule has 2 rings (SSSR count). The number of halogens is 1. The first-order valence-corrected chi connectivity index (χ1v) is 7.74. The first kappa shape index (κ1) is 13.9. The molecule has 1 atom stereocenters. The predicted octanol–water partition coefficient (Wildman–Crippen LogP) is 3.92. The van der Waals surface area contributed by atoms with Crippen molar-refractivity contribution in [2.75, 3.05) is 12.4 Å². The molecule has 18 heavy (non-hydrogen) atoms. The predicted molar refractivity (Wildman–Crippen MR) is 79.3 cm³/mol. The summed E-state index contributed by atoms with van der Waals surface area (Å²) >= 11 is 5.81. The van der Waals surface area contributed by atoms with Gasteiger partial charge >= 0.3 is 0 Å². The summed E-state index contributed by atoms with van der Waals surface area (Å²) in [6.45, 7) is 4.32. The highest BCUT2D eigenvalue weighted by molar-refractivity contribution is 6.17. The molecule has 1 aliphatic carbocycles. The Morgan fingerprint density at radius 2 is 2.11 bits per heavy atom. The molecule has 100 valence electrons. The fourth-order valence-electron chi connectivity index (χ4n) is 2.76. The lowest BCUT2D eigenvalue weighted by Gasteiger charge is -2.14. The van der Waals surface area contributed by atoms with Crippen molar-refractivity contribution < 1.29 is 0 Å². The van der Waals surface area contributed by atoms with Gasteiger partial charge in [0.25, 0.3) is 0 Å². The van der Waals surface area contributed by atoms with E-state index in [1.807, 2.05) is 0 Å². The third-order valence-electron chi connectivity index (χ3n) is 4.02. The molecule has 1 aliphatic rings. The highest BCUT2D eigenvalue weighted by Crippen LogP contribution is 2.22. The van der Waals surface area contributed by atoms with Crippen LogP contribution in [0.2, 0.25) is 0 Å². The van der Waals surface area contributed by atoms with Gasteiger partial charge in [-0.05, 0) is 54.8 Å². The van der Waals surface area contributed by atoms with Gasteiger partial charge in [-0.15, -0.1) is 11.6 Å². The van der Waals surface area contributed by atoms with Crippen LogP contribution in [0.1, 0.15) is 42.9 Å². The van der Waals surface area contributed by atoms with Gasteiger partial charge < -0.3 is 5.32 Å². The van der Waals surface area contributed by atoms with E-state index < -0.39 is 0 Å². The zero-order valence-corrected chi connectivity index (χ0v) is 12.1. The Balaban J connectivity index is 1.79. The van der Waals surface area contributed by atoms with Gasteiger partial charge in [0, 0.05) is 12.4 Å². The van der Waals surface area contributed by atoms with Crippen molar-refractivity contribution in [1.29, 1.82) is 0 Å². The summed E-state index contributed by atoms with van der Waals surface area (Å²) < 4.78 is 0. The largest absolute Gasteiger partial charge is 0.312 e. The number of rotatable bonds is 7. The van der Waals surface area contributed by atoms with E-state index in [2.05, 4.69) is 30.4 Å². The Kier molecular flexibility index (Phi) is 5.52. The van der Waals surface area contributed by atoms with Gasteiger partial charge in [0.05, 0.1) is 0 Å². The summed E-state index contributed by atoms with van der Waals surface area (Å²) in [4.78, 5) is 0. The van der Waals surface area contributed by atoms with Gasteiger partial charge in [0.2, 0.25) is 0 Å². The third kappa shape index (κ3) is 3.73. The first-order valence-electron chi connectivity index (χ1n) is 7.20.